The van der Waals surface area contributed by atoms with Gasteiger partial charge in [0.1, 0.15) is 5.75 Å². The molecule has 0 saturated carbocycles. The van der Waals surface area contributed by atoms with E-state index in [0.29, 0.717) is 6.42 Å². The van der Waals surface area contributed by atoms with E-state index in [1.807, 2.05) is 0 Å². The molecular weight excluding hydrogens is 207 g/mol. The number of hydrogen-bond acceptors (Lipinski definition) is 3. The van der Waals surface area contributed by atoms with Crippen LogP contribution in [0.15, 0.2) is 24.3 Å². The van der Waals surface area contributed by atoms with Gasteiger partial charge in [-0.3, -0.25) is 9.79 Å². The summed E-state index contributed by atoms with van der Waals surface area (Å²) >= 11 is 0. The van der Waals surface area contributed by atoms with Crippen LogP contribution < -0.4 is 4.52 Å². The molecule has 0 bridgehead atoms. The molecule has 0 heterocycles. The lowest BCUT2D eigenvalue weighted by Gasteiger charge is -2.07. The number of hydrogen-bond donors (Lipinski definition) is 3. The quantitative estimate of drug-likeness (QED) is 0.647. The van der Waals surface area contributed by atoms with Crippen molar-refractivity contribution in [2.45, 2.75) is 6.42 Å². The summed E-state index contributed by atoms with van der Waals surface area (Å²) in [6.45, 7) is -0.0145. The molecule has 6 heteroatoms. The molecule has 0 aromatic heterocycles. The predicted octanol–water partition coefficient (Wildman–Crippen LogP) is 0.693. The van der Waals surface area contributed by atoms with Gasteiger partial charge in [0.25, 0.3) is 0 Å². The summed E-state index contributed by atoms with van der Waals surface area (Å²) in [7, 11) is -4.49. The molecular formula is C8H11O5P. The number of phosphoric ester groups is 1. The molecule has 0 atom stereocenters. The molecule has 0 saturated heterocycles. The van der Waals surface area contributed by atoms with Gasteiger partial charge < -0.3 is 9.63 Å². The third-order valence-electron chi connectivity index (χ3n) is 1.52. The maximum absolute atomic E-state index is 10.5. The number of phosphoric acid groups is 1. The maximum Gasteiger partial charge on any atom is 0.524 e. The van der Waals surface area contributed by atoms with Crippen LogP contribution in [0.3, 0.4) is 0 Å². The van der Waals surface area contributed by atoms with Gasteiger partial charge in [-0.2, -0.15) is 0 Å². The lowest BCUT2D eigenvalue weighted by molar-refractivity contribution is 0.283. The van der Waals surface area contributed by atoms with Crippen molar-refractivity contribution < 1.29 is 24.0 Å². The summed E-state index contributed by atoms with van der Waals surface area (Å²) in [5.74, 6) is 0.101. The van der Waals surface area contributed by atoms with Gasteiger partial charge in [-0.15, -0.1) is 0 Å². The van der Waals surface area contributed by atoms with Gasteiger partial charge in [0.2, 0.25) is 0 Å². The minimum Gasteiger partial charge on any atom is -0.404 e. The van der Waals surface area contributed by atoms with Crippen molar-refractivity contribution in [2.24, 2.45) is 0 Å². The van der Waals surface area contributed by atoms with E-state index in [9.17, 15) is 4.57 Å². The van der Waals surface area contributed by atoms with Gasteiger partial charge in [-0.1, -0.05) is 12.1 Å². The molecule has 3 N–H and O–H groups in total. The molecule has 0 amide bonds. The fraction of sp³-hybridized carbons (Fsp3) is 0.250. The van der Waals surface area contributed by atoms with E-state index in [1.165, 1.54) is 12.1 Å². The van der Waals surface area contributed by atoms with Crippen molar-refractivity contribution in [3.63, 3.8) is 0 Å². The first-order valence-electron chi connectivity index (χ1n) is 3.96. The molecule has 0 unspecified atom stereocenters. The van der Waals surface area contributed by atoms with Gasteiger partial charge in [-0.25, -0.2) is 4.57 Å². The first-order chi connectivity index (χ1) is 6.51. The average Bonchev–Trinajstić information content (AvgIpc) is 2.02. The topological polar surface area (TPSA) is 87.0 Å². The molecule has 0 spiro atoms. The lowest BCUT2D eigenvalue weighted by atomic mass is 10.1. The number of rotatable bonds is 4. The molecule has 14 heavy (non-hydrogen) atoms. The molecule has 1 aromatic carbocycles. The van der Waals surface area contributed by atoms with Crippen LogP contribution in [0.25, 0.3) is 0 Å². The zero-order valence-electron chi connectivity index (χ0n) is 7.33. The highest BCUT2D eigenvalue weighted by Crippen LogP contribution is 2.37. The van der Waals surface area contributed by atoms with Crippen molar-refractivity contribution in [2.75, 3.05) is 6.61 Å². The zero-order valence-corrected chi connectivity index (χ0v) is 8.22. The highest BCUT2D eigenvalue weighted by atomic mass is 31.2. The molecule has 78 valence electrons. The van der Waals surface area contributed by atoms with Crippen LogP contribution in [-0.2, 0) is 11.0 Å². The van der Waals surface area contributed by atoms with Gasteiger partial charge in [-0.05, 0) is 24.1 Å². The normalized spacial score (nSPS) is 11.4. The summed E-state index contributed by atoms with van der Waals surface area (Å²) in [5, 5.41) is 8.65. The third kappa shape index (κ3) is 3.89. The number of aliphatic hydroxyl groups excluding tert-OH is 1. The Balaban J connectivity index is 2.78. The van der Waals surface area contributed by atoms with Crippen molar-refractivity contribution in [3.05, 3.63) is 29.8 Å². The van der Waals surface area contributed by atoms with E-state index in [4.69, 9.17) is 14.9 Å². The molecule has 0 radical (unpaired) electrons. The number of aliphatic hydroxyl groups is 1. The van der Waals surface area contributed by atoms with Crippen LogP contribution >= 0.6 is 7.82 Å². The second kappa shape index (κ2) is 4.57. The van der Waals surface area contributed by atoms with Gasteiger partial charge >= 0.3 is 7.82 Å². The Hall–Kier alpha value is -0.870. The Morgan fingerprint density at radius 3 is 2.64 bits per heavy atom. The van der Waals surface area contributed by atoms with E-state index in [2.05, 4.69) is 4.52 Å². The smallest absolute Gasteiger partial charge is 0.404 e. The van der Waals surface area contributed by atoms with Crippen molar-refractivity contribution in [1.82, 2.24) is 0 Å². The molecule has 0 aliphatic carbocycles. The largest absolute Gasteiger partial charge is 0.524 e. The molecule has 0 fully saturated rings. The summed E-state index contributed by atoms with van der Waals surface area (Å²) < 4.78 is 14.9. The standard InChI is InChI=1S/C8H11O5P/c9-5-4-7-2-1-3-8(6-7)13-14(10,11)12/h1-3,6,9H,4-5H2,(H2,10,11,12). The van der Waals surface area contributed by atoms with Crippen molar-refractivity contribution in [3.8, 4) is 5.75 Å². The first-order valence-corrected chi connectivity index (χ1v) is 5.49. The second-order valence-corrected chi connectivity index (χ2v) is 3.87. The van der Waals surface area contributed by atoms with E-state index in [1.54, 1.807) is 12.1 Å². The lowest BCUT2D eigenvalue weighted by Crippen LogP contribution is -1.93. The van der Waals surface area contributed by atoms with Gasteiger partial charge in [0.15, 0.2) is 0 Å². The fourth-order valence-corrected chi connectivity index (χ4v) is 1.41. The Morgan fingerprint density at radius 2 is 2.07 bits per heavy atom. The minimum atomic E-state index is -4.49. The summed E-state index contributed by atoms with van der Waals surface area (Å²) in [5.41, 5.74) is 0.762. The van der Waals surface area contributed by atoms with Crippen LogP contribution in [0.1, 0.15) is 5.56 Å². The Kier molecular flexibility index (Phi) is 3.66. The minimum absolute atomic E-state index is 0.0145. The van der Waals surface area contributed by atoms with Crippen molar-refractivity contribution >= 4 is 7.82 Å². The Morgan fingerprint density at radius 1 is 1.36 bits per heavy atom. The van der Waals surface area contributed by atoms with Crippen LogP contribution in [-0.4, -0.2) is 21.5 Å². The Bertz CT molecular complexity index is 345. The van der Waals surface area contributed by atoms with E-state index in [0.717, 1.165) is 5.56 Å². The SMILES string of the molecule is O=P(O)(O)Oc1cccc(CCO)c1. The van der Waals surface area contributed by atoms with Crippen molar-refractivity contribution in [1.29, 1.82) is 0 Å². The molecule has 1 rings (SSSR count). The molecule has 0 aliphatic rings. The maximum atomic E-state index is 10.5. The first kappa shape index (κ1) is 11.2. The van der Waals surface area contributed by atoms with Crippen LogP contribution in [0, 0.1) is 0 Å². The monoisotopic (exact) mass is 218 g/mol. The van der Waals surface area contributed by atoms with Gasteiger partial charge in [0, 0.05) is 6.61 Å². The summed E-state index contributed by atoms with van der Waals surface area (Å²) in [4.78, 5) is 17.1. The highest BCUT2D eigenvalue weighted by molar-refractivity contribution is 7.46. The molecule has 5 nitrogen and oxygen atoms in total. The van der Waals surface area contributed by atoms with Crippen LogP contribution in [0.2, 0.25) is 0 Å². The number of benzene rings is 1. The fourth-order valence-electron chi connectivity index (χ4n) is 1.02. The Labute approximate surface area is 81.2 Å². The summed E-state index contributed by atoms with van der Waals surface area (Å²) in [6, 6.07) is 6.27. The highest BCUT2D eigenvalue weighted by Gasteiger charge is 2.15. The van der Waals surface area contributed by atoms with Crippen LogP contribution in [0.5, 0.6) is 5.75 Å². The summed E-state index contributed by atoms with van der Waals surface area (Å²) in [6.07, 6.45) is 0.429. The van der Waals surface area contributed by atoms with E-state index < -0.39 is 7.82 Å². The van der Waals surface area contributed by atoms with E-state index in [-0.39, 0.29) is 12.4 Å². The predicted molar refractivity (Wildman–Crippen MR) is 49.9 cm³/mol. The average molecular weight is 218 g/mol. The van der Waals surface area contributed by atoms with Gasteiger partial charge in [0.05, 0.1) is 0 Å². The third-order valence-corrected chi connectivity index (χ3v) is 1.97. The molecule has 0 aliphatic heterocycles. The molecule has 1 aromatic rings. The van der Waals surface area contributed by atoms with Crippen LogP contribution in [0.4, 0.5) is 0 Å². The zero-order chi connectivity index (χ0) is 10.6. The van der Waals surface area contributed by atoms with E-state index >= 15 is 0 Å². The second-order valence-electron chi connectivity index (χ2n) is 2.70.